The summed E-state index contributed by atoms with van der Waals surface area (Å²) in [6, 6.07) is 3.29. The van der Waals surface area contributed by atoms with Crippen LogP contribution < -0.4 is 0 Å². The van der Waals surface area contributed by atoms with Crippen LogP contribution in [0.5, 0.6) is 0 Å². The number of hydrogen-bond acceptors (Lipinski definition) is 3. The van der Waals surface area contributed by atoms with Gasteiger partial charge in [0.05, 0.1) is 40.7 Å². The van der Waals surface area contributed by atoms with E-state index >= 15 is 0 Å². The number of nitrogens with one attached hydrogen (secondary N) is 1. The Morgan fingerprint density at radius 1 is 1.17 bits per heavy atom. The fraction of sp³-hybridized carbons (Fsp3) is 0.333. The molecule has 8 heteroatoms. The minimum absolute atomic E-state index is 0.212. The summed E-state index contributed by atoms with van der Waals surface area (Å²) >= 11 is 12.4. The Morgan fingerprint density at radius 3 is 2.39 bits per heavy atom. The number of ether oxygens (including phenoxy) is 1. The number of carboxylic acid groups (broad SMARTS) is 2. The average Bonchev–Trinajstić information content (AvgIpc) is 2.84. The third-order valence-corrected chi connectivity index (χ3v) is 4.65. The van der Waals surface area contributed by atoms with Gasteiger partial charge in [-0.05, 0) is 24.1 Å². The van der Waals surface area contributed by atoms with Crippen molar-refractivity contribution in [2.45, 2.75) is 24.9 Å². The van der Waals surface area contributed by atoms with Crippen LogP contribution in [0.3, 0.4) is 0 Å². The Labute approximate surface area is 141 Å². The number of carboxylic acids is 2. The molecular formula is C15H13Cl2NO5. The monoisotopic (exact) mass is 357 g/mol. The number of rotatable bonds is 4. The van der Waals surface area contributed by atoms with Gasteiger partial charge in [0.15, 0.2) is 0 Å². The molecule has 0 saturated heterocycles. The van der Waals surface area contributed by atoms with Crippen LogP contribution in [0.4, 0.5) is 0 Å². The second kappa shape index (κ2) is 5.70. The molecule has 3 N–H and O–H groups in total. The van der Waals surface area contributed by atoms with Crippen LogP contribution in [0.15, 0.2) is 12.1 Å². The SMILES string of the molecule is O=C(O)CC1(CC(=O)O)OCCc2c1[nH]c1c(Cl)ccc(Cl)c21. The van der Waals surface area contributed by atoms with E-state index < -0.39 is 30.4 Å². The second-order valence-electron chi connectivity index (χ2n) is 5.49. The molecule has 0 aliphatic carbocycles. The predicted octanol–water partition coefficient (Wildman–Crippen LogP) is 3.19. The molecule has 0 unspecified atom stereocenters. The maximum atomic E-state index is 11.3. The molecule has 0 bridgehead atoms. The quantitative estimate of drug-likeness (QED) is 0.780. The number of aliphatic carboxylic acids is 2. The van der Waals surface area contributed by atoms with Crippen LogP contribution in [-0.2, 0) is 26.3 Å². The Kier molecular flexibility index (Phi) is 4.00. The van der Waals surface area contributed by atoms with E-state index in [2.05, 4.69) is 4.98 Å². The molecule has 0 amide bonds. The highest BCUT2D eigenvalue weighted by atomic mass is 35.5. The van der Waals surface area contributed by atoms with E-state index in [4.69, 9.17) is 27.9 Å². The summed E-state index contributed by atoms with van der Waals surface area (Å²) in [6.07, 6.45) is -0.431. The zero-order valence-corrected chi connectivity index (χ0v) is 13.4. The summed E-state index contributed by atoms with van der Waals surface area (Å²) in [5, 5.41) is 20.0. The Bertz CT molecular complexity index is 798. The highest BCUT2D eigenvalue weighted by molar-refractivity contribution is 6.40. The molecule has 0 radical (unpaired) electrons. The van der Waals surface area contributed by atoms with Crippen molar-refractivity contribution < 1.29 is 24.5 Å². The normalized spacial score (nSPS) is 16.3. The topological polar surface area (TPSA) is 99.6 Å². The van der Waals surface area contributed by atoms with Gasteiger partial charge >= 0.3 is 11.9 Å². The summed E-state index contributed by atoms with van der Waals surface area (Å²) < 4.78 is 5.64. The molecule has 0 atom stereocenters. The van der Waals surface area contributed by atoms with Gasteiger partial charge in [-0.3, -0.25) is 9.59 Å². The van der Waals surface area contributed by atoms with E-state index in [0.717, 1.165) is 5.56 Å². The van der Waals surface area contributed by atoms with Crippen molar-refractivity contribution >= 4 is 46.0 Å². The number of hydrogen-bond donors (Lipinski definition) is 3. The third kappa shape index (κ3) is 2.67. The Balaban J connectivity index is 2.28. The van der Waals surface area contributed by atoms with Crippen LogP contribution >= 0.6 is 23.2 Å². The largest absolute Gasteiger partial charge is 0.481 e. The summed E-state index contributed by atoms with van der Waals surface area (Å²) in [5.74, 6) is -2.29. The lowest BCUT2D eigenvalue weighted by atomic mass is 9.85. The van der Waals surface area contributed by atoms with Crippen molar-refractivity contribution in [3.8, 4) is 0 Å². The lowest BCUT2D eigenvalue weighted by Gasteiger charge is -2.35. The molecule has 0 spiro atoms. The summed E-state index contributed by atoms with van der Waals surface area (Å²) in [6.45, 7) is 0.212. The Hall–Kier alpha value is -1.76. The minimum atomic E-state index is -1.46. The van der Waals surface area contributed by atoms with Crippen LogP contribution in [-0.4, -0.2) is 33.7 Å². The molecule has 6 nitrogen and oxygen atoms in total. The first-order valence-corrected chi connectivity index (χ1v) is 7.66. The van der Waals surface area contributed by atoms with Gasteiger partial charge in [-0.2, -0.15) is 0 Å². The molecule has 3 rings (SSSR count). The van der Waals surface area contributed by atoms with Gasteiger partial charge in [0.25, 0.3) is 0 Å². The van der Waals surface area contributed by atoms with Crippen molar-refractivity contribution in [2.75, 3.05) is 6.61 Å². The van der Waals surface area contributed by atoms with Gasteiger partial charge < -0.3 is 19.9 Å². The highest BCUT2D eigenvalue weighted by Gasteiger charge is 2.44. The van der Waals surface area contributed by atoms with E-state index in [-0.39, 0.29) is 6.61 Å². The van der Waals surface area contributed by atoms with Crippen LogP contribution in [0.2, 0.25) is 10.0 Å². The lowest BCUT2D eigenvalue weighted by molar-refractivity contribution is -0.157. The van der Waals surface area contributed by atoms with Crippen molar-refractivity contribution in [1.82, 2.24) is 4.98 Å². The number of halogens is 2. The summed E-state index contributed by atoms with van der Waals surface area (Å²) in [4.78, 5) is 25.6. The van der Waals surface area contributed by atoms with Crippen molar-refractivity contribution in [3.05, 3.63) is 33.4 Å². The molecular weight excluding hydrogens is 345 g/mol. The summed E-state index contributed by atoms with van der Waals surface area (Å²) in [5.41, 5.74) is 0.298. The first kappa shape index (κ1) is 16.1. The van der Waals surface area contributed by atoms with Crippen molar-refractivity contribution in [1.29, 1.82) is 0 Å². The number of carbonyl (C=O) groups is 2. The van der Waals surface area contributed by atoms with E-state index in [1.54, 1.807) is 12.1 Å². The van der Waals surface area contributed by atoms with Gasteiger partial charge in [0.1, 0.15) is 5.60 Å². The number of aromatic nitrogens is 1. The highest BCUT2D eigenvalue weighted by Crippen LogP contribution is 2.44. The van der Waals surface area contributed by atoms with Crippen LogP contribution in [0.1, 0.15) is 24.1 Å². The fourth-order valence-corrected chi connectivity index (χ4v) is 3.66. The maximum Gasteiger partial charge on any atom is 0.306 e. The molecule has 1 aromatic carbocycles. The number of fused-ring (bicyclic) bond motifs is 3. The van der Waals surface area contributed by atoms with Gasteiger partial charge in [0, 0.05) is 5.39 Å². The molecule has 23 heavy (non-hydrogen) atoms. The molecule has 1 aliphatic heterocycles. The first-order chi connectivity index (χ1) is 10.8. The molecule has 2 heterocycles. The molecule has 0 saturated carbocycles. The Morgan fingerprint density at radius 2 is 1.78 bits per heavy atom. The predicted molar refractivity (Wildman–Crippen MR) is 84.2 cm³/mol. The first-order valence-electron chi connectivity index (χ1n) is 6.90. The van der Waals surface area contributed by atoms with Gasteiger partial charge in [-0.15, -0.1) is 0 Å². The maximum absolute atomic E-state index is 11.3. The third-order valence-electron chi connectivity index (χ3n) is 4.02. The van der Waals surface area contributed by atoms with Gasteiger partial charge in [0.2, 0.25) is 0 Å². The van der Waals surface area contributed by atoms with E-state index in [9.17, 15) is 19.8 Å². The molecule has 0 fully saturated rings. The lowest BCUT2D eigenvalue weighted by Crippen LogP contribution is -2.39. The average molecular weight is 358 g/mol. The zero-order chi connectivity index (χ0) is 16.8. The smallest absolute Gasteiger partial charge is 0.306 e. The van der Waals surface area contributed by atoms with Gasteiger partial charge in [-0.25, -0.2) is 0 Å². The molecule has 122 valence electrons. The standard InChI is InChI=1S/C15H13Cl2NO5/c16-8-1-2-9(17)13-12(8)7-3-4-23-15(5-10(19)20,6-11(21)22)14(7)18-13/h1-2,18H,3-6H2,(H,19,20)(H,21,22). The molecule has 1 aromatic heterocycles. The van der Waals surface area contributed by atoms with Crippen molar-refractivity contribution in [2.24, 2.45) is 0 Å². The van der Waals surface area contributed by atoms with E-state index in [1.807, 2.05) is 0 Å². The zero-order valence-electron chi connectivity index (χ0n) is 11.9. The van der Waals surface area contributed by atoms with Crippen molar-refractivity contribution in [3.63, 3.8) is 0 Å². The molecule has 2 aromatic rings. The summed E-state index contributed by atoms with van der Waals surface area (Å²) in [7, 11) is 0. The number of aromatic amines is 1. The number of benzene rings is 1. The van der Waals surface area contributed by atoms with Crippen LogP contribution in [0.25, 0.3) is 10.9 Å². The van der Waals surface area contributed by atoms with Crippen LogP contribution in [0, 0.1) is 0 Å². The van der Waals surface area contributed by atoms with Gasteiger partial charge in [-0.1, -0.05) is 23.2 Å². The van der Waals surface area contributed by atoms with E-state index in [0.29, 0.717) is 33.1 Å². The minimum Gasteiger partial charge on any atom is -0.481 e. The second-order valence-corrected chi connectivity index (χ2v) is 6.31. The number of H-pyrrole nitrogens is 1. The molecule has 1 aliphatic rings. The van der Waals surface area contributed by atoms with E-state index in [1.165, 1.54) is 0 Å². The fourth-order valence-electron chi connectivity index (χ4n) is 3.18.